The molecule has 0 aliphatic heterocycles. The fraction of sp³-hybridized carbons (Fsp3) is 0.564. The summed E-state index contributed by atoms with van der Waals surface area (Å²) in [4.78, 5) is 64.2. The van der Waals surface area contributed by atoms with Crippen LogP contribution >= 0.6 is 0 Å². The van der Waals surface area contributed by atoms with Gasteiger partial charge < -0.3 is 63.9 Å². The Morgan fingerprint density at radius 3 is 1.47 bits per heavy atom. The molecule has 23 heteroatoms. The largest absolute Gasteiger partial charge is 0.479 e. The van der Waals surface area contributed by atoms with E-state index in [1.54, 1.807) is 33.8 Å². The lowest BCUT2D eigenvalue weighted by atomic mass is 10.1. The van der Waals surface area contributed by atoms with Crippen LogP contribution in [0.1, 0.15) is 100 Å². The number of alkyl halides is 2. The summed E-state index contributed by atoms with van der Waals surface area (Å²) in [6.07, 6.45) is -4.74. The number of nitrogens with two attached hydrogens (primary N) is 1. The number of carboxylic acid groups (broad SMARTS) is 1. The number of Topliss-reactive ketones (excluding diaryl/α,β-unsaturated/α-hetero) is 2. The van der Waals surface area contributed by atoms with Crippen LogP contribution in [-0.4, -0.2) is 157 Å². The molecule has 0 unspecified atom stereocenters. The highest BCUT2D eigenvalue weighted by Gasteiger charge is 2.27. The number of imidazole rings is 2. The van der Waals surface area contributed by atoms with Crippen molar-refractivity contribution in [1.29, 1.82) is 0 Å². The van der Waals surface area contributed by atoms with Crippen LogP contribution in [0.2, 0.25) is 0 Å². The Hall–Kier alpha value is -6.18. The van der Waals surface area contributed by atoms with Crippen molar-refractivity contribution in [3.8, 4) is 0 Å². The molecule has 1 amide bonds. The summed E-state index contributed by atoms with van der Waals surface area (Å²) in [5, 5.41) is 33.4. The number of hydrogen-bond donors (Lipinski definition) is 5. The Morgan fingerprint density at radius 2 is 1.03 bits per heavy atom. The van der Waals surface area contributed by atoms with E-state index in [9.17, 15) is 38.2 Å². The van der Waals surface area contributed by atoms with Crippen molar-refractivity contribution in [3.05, 3.63) is 60.2 Å². The summed E-state index contributed by atoms with van der Waals surface area (Å²) < 4.78 is 62.6. The third-order valence-corrected chi connectivity index (χ3v) is 11.1. The third kappa shape index (κ3) is 20.9. The summed E-state index contributed by atoms with van der Waals surface area (Å²) >= 11 is 0. The van der Waals surface area contributed by atoms with Crippen molar-refractivity contribution in [3.63, 3.8) is 0 Å². The van der Waals surface area contributed by atoms with E-state index in [0.717, 1.165) is 27.6 Å². The number of carbonyl (C=O) groups is 4. The summed E-state index contributed by atoms with van der Waals surface area (Å²) in [6, 6.07) is 15.1. The summed E-state index contributed by atoms with van der Waals surface area (Å²) in [7, 11) is 0. The molecule has 0 aliphatic rings. The first kappa shape index (κ1) is 66.1. The quantitative estimate of drug-likeness (QED) is 0.0264. The van der Waals surface area contributed by atoms with Crippen LogP contribution < -0.4 is 11.1 Å². The van der Waals surface area contributed by atoms with Gasteiger partial charge in [0.05, 0.1) is 72.8 Å². The number of hydrogen-bond acceptors (Lipinski definition) is 17. The van der Waals surface area contributed by atoms with Crippen molar-refractivity contribution in [2.75, 3.05) is 77.1 Å². The van der Waals surface area contributed by atoms with Gasteiger partial charge in [0.2, 0.25) is 0 Å². The van der Waals surface area contributed by atoms with Crippen LogP contribution in [0.5, 0.6) is 0 Å². The average Bonchev–Trinajstić information content (AvgIpc) is 4.10. The molecule has 4 aromatic heterocycles. The highest BCUT2D eigenvalue weighted by Crippen LogP contribution is 2.33. The van der Waals surface area contributed by atoms with Crippen molar-refractivity contribution < 1.29 is 71.7 Å². The van der Waals surface area contributed by atoms with Crippen LogP contribution in [0, 0.1) is 0 Å². The molecule has 0 radical (unpaired) electrons. The van der Waals surface area contributed by atoms with Gasteiger partial charge in [0.15, 0.2) is 35.5 Å². The van der Waals surface area contributed by atoms with E-state index < -0.39 is 35.4 Å². The fourth-order valence-electron chi connectivity index (χ4n) is 7.66. The molecule has 432 valence electrons. The number of aliphatic carboxylic acids is 1. The molecule has 0 saturated carbocycles. The first-order valence-electron chi connectivity index (χ1n) is 25.7. The van der Waals surface area contributed by atoms with E-state index >= 15 is 0 Å². The molecule has 78 heavy (non-hydrogen) atoms. The number of para-hydroxylation sites is 2. The average molecular weight is 1100 g/mol. The van der Waals surface area contributed by atoms with Gasteiger partial charge >= 0.3 is 5.97 Å². The number of benzene rings is 2. The van der Waals surface area contributed by atoms with E-state index in [4.69, 9.17) is 39.3 Å². The number of rotatable bonds is 31. The standard InChI is InChI=1S/C27H37FN4O6.C17H22N4O2.C10H17FO5.CH4/c1-5-36-13-14-38-15-18(33)11-12-20(28)26(34)31-25-23-24(19-9-7-8-10-21(19)29-25)32(17-27(3,4)35)22(30-23)16-37-6-2;1-4-23-9-13-20-14-15(21(13)10-17(2,3)22)11-7-5-6-8-12(11)19-16(14)18;1-2-15-5-6-16-7-8(12)3-4-9(11)10(13)14;/h7-10,20,35H,5-6,11-17H2,1-4H3,(H,29,31,34);5-8,22H,4,9-10H2,1-3H3,(H2,18,19);9H,2-7H2,1H3,(H,13,14);1H4/t20-;;9-;/m1.1./s1. The van der Waals surface area contributed by atoms with Gasteiger partial charge in [-0.25, -0.2) is 33.5 Å². The highest BCUT2D eigenvalue weighted by molar-refractivity contribution is 6.10. The maximum atomic E-state index is 14.8. The predicted octanol–water partition coefficient (Wildman–Crippen LogP) is 7.49. The normalized spacial score (nSPS) is 12.4. The maximum Gasteiger partial charge on any atom is 0.338 e. The fourth-order valence-corrected chi connectivity index (χ4v) is 7.66. The lowest BCUT2D eigenvalue weighted by Crippen LogP contribution is -2.27. The number of ether oxygens (including phenoxy) is 6. The van der Waals surface area contributed by atoms with Crippen molar-refractivity contribution in [2.45, 2.75) is 138 Å². The second-order valence-electron chi connectivity index (χ2n) is 18.9. The number of aliphatic hydroxyl groups is 2. The Balaban J connectivity index is 0.000000339. The number of fused-ring (bicyclic) bond motifs is 6. The van der Waals surface area contributed by atoms with Gasteiger partial charge in [0.25, 0.3) is 5.91 Å². The van der Waals surface area contributed by atoms with Crippen LogP contribution in [0.25, 0.3) is 43.9 Å². The van der Waals surface area contributed by atoms with E-state index in [2.05, 4.69) is 25.3 Å². The van der Waals surface area contributed by atoms with Gasteiger partial charge in [-0.05, 0) is 80.4 Å². The third-order valence-electron chi connectivity index (χ3n) is 11.1. The summed E-state index contributed by atoms with van der Waals surface area (Å²) in [6.45, 7) is 18.9. The molecule has 6 rings (SSSR count). The molecule has 0 spiro atoms. The second kappa shape index (κ2) is 32.7. The van der Waals surface area contributed by atoms with Gasteiger partial charge in [0.1, 0.15) is 49.1 Å². The Labute approximate surface area is 454 Å². The minimum atomic E-state index is -1.98. The smallest absolute Gasteiger partial charge is 0.338 e. The number of anilines is 2. The van der Waals surface area contributed by atoms with Crippen LogP contribution in [-0.2, 0) is 73.9 Å². The van der Waals surface area contributed by atoms with E-state index in [1.807, 2.05) is 79.3 Å². The maximum absolute atomic E-state index is 14.8. The molecule has 2 atom stereocenters. The van der Waals surface area contributed by atoms with E-state index in [1.165, 1.54) is 0 Å². The summed E-state index contributed by atoms with van der Waals surface area (Å²) in [5.74, 6) is -1.27. The molecule has 6 N–H and O–H groups in total. The Kier molecular flexibility index (Phi) is 27.7. The minimum Gasteiger partial charge on any atom is -0.479 e. The summed E-state index contributed by atoms with van der Waals surface area (Å²) in [5.41, 5.74) is 8.11. The number of nitrogens with one attached hydrogen (secondary N) is 1. The molecule has 0 aliphatic carbocycles. The molecular weight excluding hydrogens is 1020 g/mol. The van der Waals surface area contributed by atoms with E-state index in [-0.39, 0.29) is 83.5 Å². The van der Waals surface area contributed by atoms with E-state index in [0.29, 0.717) is 93.1 Å². The Morgan fingerprint density at radius 1 is 0.615 bits per heavy atom. The van der Waals surface area contributed by atoms with Crippen LogP contribution in [0.3, 0.4) is 0 Å². The number of carboxylic acids is 1. The predicted molar refractivity (Wildman–Crippen MR) is 294 cm³/mol. The van der Waals surface area contributed by atoms with Crippen LogP contribution in [0.4, 0.5) is 20.4 Å². The number of nitrogen functional groups attached to an aromatic ring is 1. The number of carbonyl (C=O) groups excluding carboxylic acids is 3. The molecule has 2 aromatic carbocycles. The molecular formula is C55H80F2N8O13. The number of amides is 1. The number of nitrogens with zero attached hydrogens (tertiary/aromatic N) is 6. The topological polar surface area (TPSA) is 284 Å². The van der Waals surface area contributed by atoms with Crippen molar-refractivity contribution in [2.24, 2.45) is 0 Å². The minimum absolute atomic E-state index is 0. The first-order valence-corrected chi connectivity index (χ1v) is 25.7. The van der Waals surface area contributed by atoms with Gasteiger partial charge in [-0.2, -0.15) is 0 Å². The number of halogens is 2. The lowest BCUT2D eigenvalue weighted by molar-refractivity contribution is -0.143. The number of pyridine rings is 2. The van der Waals surface area contributed by atoms with Crippen molar-refractivity contribution >= 4 is 79.0 Å². The molecule has 0 fully saturated rings. The van der Waals surface area contributed by atoms with Gasteiger partial charge in [-0.1, -0.05) is 43.8 Å². The monoisotopic (exact) mass is 1100 g/mol. The number of aromatic nitrogens is 6. The molecule has 0 bridgehead atoms. The SMILES string of the molecule is C.CCOCCOCC(=O)CC[C@@H](F)C(=O)Nc1nc2ccccc2c2c1nc(COCC)n2CC(C)(C)O.CCOCCOCC(=O)CC[C@@H](F)C(=O)O.CCOCc1nc2c(N)nc3ccccc3c2n1CC(C)(C)O. The zero-order valence-electron chi connectivity index (χ0n) is 45.4. The zero-order chi connectivity index (χ0) is 56.7. The second-order valence-corrected chi connectivity index (χ2v) is 18.9. The number of ketones is 2. The zero-order valence-corrected chi connectivity index (χ0v) is 45.4. The van der Waals surface area contributed by atoms with Gasteiger partial charge in [0, 0.05) is 50.0 Å². The molecule has 4 heterocycles. The Bertz CT molecular complexity index is 2850. The van der Waals surface area contributed by atoms with Crippen LogP contribution in [0.15, 0.2) is 48.5 Å². The highest BCUT2D eigenvalue weighted by atomic mass is 19.1. The van der Waals surface area contributed by atoms with Gasteiger partial charge in [-0.3, -0.25) is 14.4 Å². The molecule has 6 aromatic rings. The first-order chi connectivity index (χ1) is 36.6. The molecule has 21 nitrogen and oxygen atoms in total. The van der Waals surface area contributed by atoms with Crippen molar-refractivity contribution in [1.82, 2.24) is 29.1 Å². The lowest BCUT2D eigenvalue weighted by Gasteiger charge is -2.20. The molecule has 0 saturated heterocycles. The van der Waals surface area contributed by atoms with Gasteiger partial charge in [-0.15, -0.1) is 0 Å².